The molecule has 6 heteroatoms. The molecular formula is C18H35N5O. The highest BCUT2D eigenvalue weighted by atomic mass is 16.2. The summed E-state index contributed by atoms with van der Waals surface area (Å²) in [7, 11) is 3.51. The van der Waals surface area contributed by atoms with E-state index in [1.54, 1.807) is 19.0 Å². The Balaban J connectivity index is 2.50. The summed E-state index contributed by atoms with van der Waals surface area (Å²) in [5.41, 5.74) is 1.21. The summed E-state index contributed by atoms with van der Waals surface area (Å²) in [6.45, 7) is 12.4. The van der Waals surface area contributed by atoms with E-state index in [1.807, 2.05) is 0 Å². The van der Waals surface area contributed by atoms with Crippen LogP contribution in [-0.4, -0.2) is 74.5 Å². The molecule has 24 heavy (non-hydrogen) atoms. The molecule has 2 N–H and O–H groups in total. The first kappa shape index (κ1) is 20.5. The summed E-state index contributed by atoms with van der Waals surface area (Å²) in [4.78, 5) is 20.2. The predicted molar refractivity (Wildman–Crippen MR) is 101 cm³/mol. The van der Waals surface area contributed by atoms with Crippen molar-refractivity contribution in [2.24, 2.45) is 4.99 Å². The van der Waals surface area contributed by atoms with E-state index in [9.17, 15) is 4.79 Å². The van der Waals surface area contributed by atoms with Gasteiger partial charge in [-0.3, -0.25) is 9.69 Å². The maximum Gasteiger partial charge on any atom is 0.243 e. The van der Waals surface area contributed by atoms with Crippen LogP contribution < -0.4 is 10.6 Å². The van der Waals surface area contributed by atoms with Crippen molar-refractivity contribution in [3.63, 3.8) is 0 Å². The molecule has 0 atom stereocenters. The van der Waals surface area contributed by atoms with Gasteiger partial charge in [0.05, 0.1) is 0 Å². The molecule has 6 nitrogen and oxygen atoms in total. The first-order valence-electron chi connectivity index (χ1n) is 9.04. The molecule has 138 valence electrons. The Morgan fingerprint density at radius 2 is 2.00 bits per heavy atom. The number of likely N-dealkylation sites (tertiary alicyclic amines) is 1. The highest BCUT2D eigenvalue weighted by Gasteiger charge is 2.20. The Morgan fingerprint density at radius 1 is 1.33 bits per heavy atom. The van der Waals surface area contributed by atoms with Gasteiger partial charge in [-0.05, 0) is 26.2 Å². The van der Waals surface area contributed by atoms with Crippen LogP contribution in [0.3, 0.4) is 0 Å². The quantitative estimate of drug-likeness (QED) is 0.305. The van der Waals surface area contributed by atoms with Gasteiger partial charge >= 0.3 is 0 Å². The number of rotatable bonds is 8. The molecule has 0 aromatic heterocycles. The minimum Gasteiger partial charge on any atom is -0.356 e. The van der Waals surface area contributed by atoms with Gasteiger partial charge in [0.2, 0.25) is 5.91 Å². The van der Waals surface area contributed by atoms with Crippen molar-refractivity contribution in [2.45, 2.75) is 45.6 Å². The molecule has 0 saturated carbocycles. The molecule has 0 unspecified atom stereocenters. The van der Waals surface area contributed by atoms with Crippen LogP contribution >= 0.6 is 0 Å². The van der Waals surface area contributed by atoms with E-state index in [-0.39, 0.29) is 12.5 Å². The highest BCUT2D eigenvalue weighted by molar-refractivity contribution is 5.84. The van der Waals surface area contributed by atoms with E-state index in [2.05, 4.69) is 41.0 Å². The van der Waals surface area contributed by atoms with Gasteiger partial charge in [0, 0.05) is 46.3 Å². The van der Waals surface area contributed by atoms with Crippen LogP contribution in [0, 0.1) is 0 Å². The molecule has 0 aliphatic carbocycles. The van der Waals surface area contributed by atoms with Crippen molar-refractivity contribution in [1.82, 2.24) is 20.4 Å². The second kappa shape index (κ2) is 11.1. The zero-order valence-electron chi connectivity index (χ0n) is 15.9. The van der Waals surface area contributed by atoms with Gasteiger partial charge in [-0.25, -0.2) is 4.99 Å². The smallest absolute Gasteiger partial charge is 0.243 e. The third-order valence-corrected chi connectivity index (χ3v) is 4.12. The number of carbonyl (C=O) groups excluding carboxylic acids is 1. The molecule has 1 fully saturated rings. The number of nitrogens with one attached hydrogen (secondary N) is 2. The Kier molecular flexibility index (Phi) is 9.45. The van der Waals surface area contributed by atoms with Crippen molar-refractivity contribution in [1.29, 1.82) is 0 Å². The Bertz CT molecular complexity index is 425. The molecule has 1 saturated heterocycles. The average molecular weight is 338 g/mol. The number of amides is 1. The van der Waals surface area contributed by atoms with Crippen molar-refractivity contribution < 1.29 is 4.79 Å². The number of piperidine rings is 1. The number of guanidine groups is 1. The first-order valence-corrected chi connectivity index (χ1v) is 9.04. The fourth-order valence-corrected chi connectivity index (χ4v) is 2.63. The molecule has 1 heterocycles. The molecule has 1 amide bonds. The summed E-state index contributed by atoms with van der Waals surface area (Å²) >= 11 is 0. The van der Waals surface area contributed by atoms with E-state index in [4.69, 9.17) is 0 Å². The third kappa shape index (κ3) is 8.34. The van der Waals surface area contributed by atoms with Crippen LogP contribution in [0.15, 0.2) is 17.1 Å². The molecule has 1 aliphatic rings. The zero-order valence-corrected chi connectivity index (χ0v) is 15.9. The summed E-state index contributed by atoms with van der Waals surface area (Å²) in [6, 6.07) is 0.411. The Hall–Kier alpha value is -1.56. The van der Waals surface area contributed by atoms with Crippen LogP contribution in [0.2, 0.25) is 0 Å². The zero-order chi connectivity index (χ0) is 17.9. The molecular weight excluding hydrogens is 302 g/mol. The van der Waals surface area contributed by atoms with E-state index in [0.29, 0.717) is 6.04 Å². The van der Waals surface area contributed by atoms with E-state index in [0.717, 1.165) is 57.8 Å². The number of likely N-dealkylation sites (N-methyl/N-ethyl adjacent to an activating group) is 1. The van der Waals surface area contributed by atoms with E-state index in [1.165, 1.54) is 5.57 Å². The molecule has 0 radical (unpaired) electrons. The Labute approximate surface area is 147 Å². The lowest BCUT2D eigenvalue weighted by Gasteiger charge is -2.33. The summed E-state index contributed by atoms with van der Waals surface area (Å²) in [6.07, 6.45) is 4.41. The Morgan fingerprint density at radius 3 is 2.54 bits per heavy atom. The minimum atomic E-state index is 0.0165. The van der Waals surface area contributed by atoms with Crippen LogP contribution in [0.4, 0.5) is 0 Å². The van der Waals surface area contributed by atoms with E-state index < -0.39 is 0 Å². The monoisotopic (exact) mass is 337 g/mol. The van der Waals surface area contributed by atoms with Gasteiger partial charge in [-0.2, -0.15) is 0 Å². The standard InChI is InChI=1S/C18H35N5O/c1-6-7-10-19-18(20-13-17(24)22(4)5)21-16-8-11-23(12-9-16)14-15(2)3/h16H,2,6-14H2,1,3-5H3,(H2,19,20,21). The van der Waals surface area contributed by atoms with Crippen LogP contribution in [0.25, 0.3) is 0 Å². The molecule has 1 rings (SSSR count). The van der Waals surface area contributed by atoms with E-state index >= 15 is 0 Å². The lowest BCUT2D eigenvalue weighted by atomic mass is 10.0. The normalized spacial score (nSPS) is 16.8. The molecule has 0 bridgehead atoms. The van der Waals surface area contributed by atoms with Crippen molar-refractivity contribution in [3.05, 3.63) is 12.2 Å². The van der Waals surface area contributed by atoms with Crippen LogP contribution in [0.5, 0.6) is 0 Å². The number of unbranched alkanes of at least 4 members (excludes halogenated alkanes) is 1. The number of nitrogens with zero attached hydrogens (tertiary/aromatic N) is 3. The lowest BCUT2D eigenvalue weighted by molar-refractivity contribution is -0.127. The topological polar surface area (TPSA) is 60.0 Å². The third-order valence-electron chi connectivity index (χ3n) is 4.12. The fraction of sp³-hybridized carbons (Fsp3) is 0.778. The lowest BCUT2D eigenvalue weighted by Crippen LogP contribution is -2.49. The molecule has 0 aromatic carbocycles. The highest BCUT2D eigenvalue weighted by Crippen LogP contribution is 2.11. The number of aliphatic imine (C=N–C) groups is 1. The average Bonchev–Trinajstić information content (AvgIpc) is 2.53. The minimum absolute atomic E-state index is 0.0165. The largest absolute Gasteiger partial charge is 0.356 e. The van der Waals surface area contributed by atoms with Gasteiger partial charge < -0.3 is 15.5 Å². The number of hydrogen-bond donors (Lipinski definition) is 2. The fourth-order valence-electron chi connectivity index (χ4n) is 2.63. The van der Waals surface area contributed by atoms with Crippen LogP contribution in [-0.2, 0) is 4.79 Å². The second-order valence-corrected chi connectivity index (χ2v) is 6.89. The second-order valence-electron chi connectivity index (χ2n) is 6.89. The summed E-state index contributed by atoms with van der Waals surface area (Å²) in [5, 5.41) is 6.85. The van der Waals surface area contributed by atoms with Crippen molar-refractivity contribution >= 4 is 11.9 Å². The number of carbonyl (C=O) groups is 1. The number of hydrogen-bond acceptors (Lipinski definition) is 3. The molecule has 0 aromatic rings. The van der Waals surface area contributed by atoms with Gasteiger partial charge in [0.15, 0.2) is 5.96 Å². The summed E-state index contributed by atoms with van der Waals surface area (Å²) < 4.78 is 0. The SMILES string of the molecule is C=C(C)CN1CCC(NC(=NCC(=O)N(C)C)NCCCC)CC1. The van der Waals surface area contributed by atoms with Gasteiger partial charge in [0.1, 0.15) is 6.54 Å². The van der Waals surface area contributed by atoms with Crippen molar-refractivity contribution in [2.75, 3.05) is 46.8 Å². The maximum absolute atomic E-state index is 11.8. The first-order chi connectivity index (χ1) is 11.4. The summed E-state index contributed by atoms with van der Waals surface area (Å²) in [5.74, 6) is 0.778. The molecule has 1 aliphatic heterocycles. The van der Waals surface area contributed by atoms with Gasteiger partial charge in [-0.15, -0.1) is 0 Å². The molecule has 0 spiro atoms. The maximum atomic E-state index is 11.8. The van der Waals surface area contributed by atoms with Gasteiger partial charge in [0.25, 0.3) is 0 Å². The predicted octanol–water partition coefficient (Wildman–Crippen LogP) is 1.45. The van der Waals surface area contributed by atoms with Gasteiger partial charge in [-0.1, -0.05) is 25.5 Å². The van der Waals surface area contributed by atoms with Crippen LogP contribution in [0.1, 0.15) is 39.5 Å². The van der Waals surface area contributed by atoms with Crippen molar-refractivity contribution in [3.8, 4) is 0 Å².